The molecule has 0 N–H and O–H groups in total. The van der Waals surface area contributed by atoms with Crippen molar-refractivity contribution in [3.05, 3.63) is 162 Å². The minimum absolute atomic E-state index is 0.818. The highest BCUT2D eigenvalue weighted by atomic mass is 14.9. The second-order valence-electron chi connectivity index (χ2n) is 13.6. The zero-order valence-corrected chi connectivity index (χ0v) is 25.9. The quantitative estimate of drug-likeness (QED) is 0.186. The molecule has 47 heavy (non-hydrogen) atoms. The molecule has 2 aliphatic rings. The number of nitrogens with zero attached hydrogens (tertiary/aromatic N) is 1. The first-order valence-electron chi connectivity index (χ1n) is 18.0. The maximum Gasteiger partial charge on any atom is 0.0620 e. The van der Waals surface area contributed by atoms with Gasteiger partial charge in [0.2, 0.25) is 0 Å². The van der Waals surface area contributed by atoms with E-state index in [9.17, 15) is 0 Å². The largest absolute Gasteiger partial charge is 0.308 e. The van der Waals surface area contributed by atoms with Crippen molar-refractivity contribution < 1.29 is 4.11 Å². The molecule has 0 amide bonds. The van der Waals surface area contributed by atoms with E-state index in [1.807, 2.05) is 25.1 Å². The molecule has 9 aromatic rings. The minimum atomic E-state index is -2.19. The molecule has 0 bridgehead atoms. The summed E-state index contributed by atoms with van der Waals surface area (Å²) < 4.78 is 28.4. The summed E-state index contributed by atoms with van der Waals surface area (Å²) in [6.45, 7) is -0.296. The highest BCUT2D eigenvalue weighted by Crippen LogP contribution is 2.51. The van der Waals surface area contributed by atoms with Crippen molar-refractivity contribution in [1.82, 2.24) is 4.40 Å². The summed E-state index contributed by atoms with van der Waals surface area (Å²) in [5, 5.41) is 5.16. The van der Waals surface area contributed by atoms with E-state index in [0.29, 0.717) is 0 Å². The van der Waals surface area contributed by atoms with Crippen LogP contribution in [-0.4, -0.2) is 4.40 Å². The van der Waals surface area contributed by atoms with Crippen molar-refractivity contribution in [3.63, 3.8) is 0 Å². The maximum atomic E-state index is 8.66. The topological polar surface area (TPSA) is 4.41 Å². The molecule has 1 heteroatoms. The Hall–Kier alpha value is -5.66. The molecule has 2 aromatic heterocycles. The number of hydrogen-bond donors (Lipinski definition) is 0. The minimum Gasteiger partial charge on any atom is -0.308 e. The Labute approximate surface area is 277 Å². The maximum absolute atomic E-state index is 8.66. The Morgan fingerprint density at radius 1 is 0.489 bits per heavy atom. The van der Waals surface area contributed by atoms with Gasteiger partial charge in [0.05, 0.1) is 16.6 Å². The van der Waals surface area contributed by atoms with Crippen LogP contribution in [0.15, 0.2) is 140 Å². The van der Waals surface area contributed by atoms with E-state index >= 15 is 0 Å². The van der Waals surface area contributed by atoms with Gasteiger partial charge in [-0.1, -0.05) is 135 Å². The smallest absolute Gasteiger partial charge is 0.0620 e. The van der Waals surface area contributed by atoms with Crippen LogP contribution in [0, 0.1) is 0 Å². The van der Waals surface area contributed by atoms with Gasteiger partial charge in [-0.05, 0) is 91.4 Å². The van der Waals surface area contributed by atoms with Gasteiger partial charge in [-0.15, -0.1) is 0 Å². The number of hydrogen-bond acceptors (Lipinski definition) is 0. The Kier molecular flexibility index (Phi) is 4.25. The predicted molar refractivity (Wildman–Crippen MR) is 198 cm³/mol. The van der Waals surface area contributed by atoms with E-state index in [4.69, 9.17) is 4.11 Å². The fourth-order valence-corrected chi connectivity index (χ4v) is 9.03. The molecule has 1 atom stereocenters. The van der Waals surface area contributed by atoms with Crippen LogP contribution in [-0.2, 0) is 11.8 Å². The van der Waals surface area contributed by atoms with Crippen LogP contribution in [0.3, 0.4) is 0 Å². The Balaban J connectivity index is 1.06. The van der Waals surface area contributed by atoms with Gasteiger partial charge in [-0.2, -0.15) is 0 Å². The molecule has 2 heterocycles. The number of fused-ring (bicyclic) bond motifs is 12. The molecule has 0 aliphatic heterocycles. The Morgan fingerprint density at radius 2 is 1.06 bits per heavy atom. The third kappa shape index (κ3) is 3.19. The van der Waals surface area contributed by atoms with E-state index in [-0.39, 0.29) is 0 Å². The third-order valence-corrected chi connectivity index (χ3v) is 11.2. The standard InChI is InChI=1S/C46H31N/c1-46(2)41-18-5-3-10-33(41)34-22-20-27(24-42(34)46)29-12-7-14-31-32-15-8-13-30(40(32)26-39(29)31)28-21-23-36-38-17-9-16-37-35-11-4-6-19-43(35)47(45(37)38)44(36)25-28/h3-25H,26H2,1-2H3/i1D3. The van der Waals surface area contributed by atoms with E-state index in [0.717, 1.165) is 34.2 Å². The summed E-state index contributed by atoms with van der Waals surface area (Å²) in [6.07, 6.45) is 0.818. The molecule has 0 spiro atoms. The van der Waals surface area contributed by atoms with Crippen molar-refractivity contribution in [1.29, 1.82) is 0 Å². The SMILES string of the molecule is [2H]C([2H])([2H])C1(C)c2ccccc2-c2ccc(-c3cccc4c3Cc3c(-c5ccc6c7cccc8c9ccccc9n(c6c5)c87)cccc3-4)cc21. The lowest BCUT2D eigenvalue weighted by atomic mass is 9.81. The molecular weight excluding hydrogens is 567 g/mol. The fourth-order valence-electron chi connectivity index (χ4n) is 9.03. The summed E-state index contributed by atoms with van der Waals surface area (Å²) in [6, 6.07) is 50.2. The first kappa shape index (κ1) is 22.8. The normalized spacial score (nSPS) is 17.5. The summed E-state index contributed by atoms with van der Waals surface area (Å²) in [5.74, 6) is 0. The van der Waals surface area contributed by atoms with E-state index in [1.54, 1.807) is 0 Å². The zero-order chi connectivity index (χ0) is 33.5. The van der Waals surface area contributed by atoms with Crippen LogP contribution in [0.5, 0.6) is 0 Å². The lowest BCUT2D eigenvalue weighted by Gasteiger charge is -2.22. The van der Waals surface area contributed by atoms with Crippen LogP contribution < -0.4 is 0 Å². The molecule has 2 aliphatic carbocycles. The fraction of sp³-hybridized carbons (Fsp3) is 0.0870. The Morgan fingerprint density at radius 3 is 1.85 bits per heavy atom. The van der Waals surface area contributed by atoms with Gasteiger partial charge in [0.1, 0.15) is 0 Å². The first-order valence-corrected chi connectivity index (χ1v) is 16.5. The van der Waals surface area contributed by atoms with Gasteiger partial charge in [0.15, 0.2) is 0 Å². The molecule has 0 radical (unpaired) electrons. The number of benzene rings is 7. The summed E-state index contributed by atoms with van der Waals surface area (Å²) in [4.78, 5) is 0. The van der Waals surface area contributed by atoms with Crippen molar-refractivity contribution >= 4 is 38.1 Å². The van der Waals surface area contributed by atoms with Gasteiger partial charge < -0.3 is 4.40 Å². The monoisotopic (exact) mass is 600 g/mol. The highest BCUT2D eigenvalue weighted by molar-refractivity contribution is 6.23. The number of rotatable bonds is 2. The molecule has 0 saturated heterocycles. The van der Waals surface area contributed by atoms with Gasteiger partial charge in [0, 0.05) is 31.1 Å². The van der Waals surface area contributed by atoms with E-state index in [1.165, 1.54) is 77.0 Å². The molecule has 0 saturated carbocycles. The molecular formula is C46H31N. The second-order valence-corrected chi connectivity index (χ2v) is 13.6. The van der Waals surface area contributed by atoms with Crippen molar-refractivity contribution in [3.8, 4) is 44.5 Å². The van der Waals surface area contributed by atoms with Crippen molar-refractivity contribution in [2.75, 3.05) is 0 Å². The van der Waals surface area contributed by atoms with Crippen LogP contribution in [0.1, 0.15) is 40.1 Å². The van der Waals surface area contributed by atoms with Crippen molar-refractivity contribution in [2.24, 2.45) is 0 Å². The van der Waals surface area contributed by atoms with Crippen LogP contribution in [0.4, 0.5) is 0 Å². The Bertz CT molecular complexity index is 2910. The lowest BCUT2D eigenvalue weighted by Crippen LogP contribution is -2.14. The summed E-state index contributed by atoms with van der Waals surface area (Å²) in [7, 11) is 0. The van der Waals surface area contributed by atoms with Crippen LogP contribution >= 0.6 is 0 Å². The van der Waals surface area contributed by atoms with Gasteiger partial charge in [-0.25, -0.2) is 0 Å². The average molecular weight is 601 g/mol. The van der Waals surface area contributed by atoms with E-state index < -0.39 is 12.3 Å². The molecule has 1 nitrogen and oxygen atoms in total. The number of aromatic nitrogens is 1. The average Bonchev–Trinajstić information content (AvgIpc) is 3.86. The van der Waals surface area contributed by atoms with Gasteiger partial charge >= 0.3 is 0 Å². The van der Waals surface area contributed by atoms with Crippen LogP contribution in [0.2, 0.25) is 0 Å². The zero-order valence-electron chi connectivity index (χ0n) is 28.9. The van der Waals surface area contributed by atoms with Gasteiger partial charge in [0.25, 0.3) is 0 Å². The predicted octanol–water partition coefficient (Wildman–Crippen LogP) is 12.0. The van der Waals surface area contributed by atoms with Crippen LogP contribution in [0.25, 0.3) is 82.6 Å². The highest BCUT2D eigenvalue weighted by Gasteiger charge is 2.35. The molecule has 11 rings (SSSR count). The lowest BCUT2D eigenvalue weighted by molar-refractivity contribution is 0.660. The molecule has 7 aromatic carbocycles. The first-order chi connectivity index (χ1) is 24.3. The molecule has 0 fully saturated rings. The third-order valence-electron chi connectivity index (χ3n) is 11.2. The molecule has 220 valence electrons. The molecule has 1 unspecified atom stereocenters. The number of para-hydroxylation sites is 2. The van der Waals surface area contributed by atoms with Gasteiger partial charge in [-0.3, -0.25) is 0 Å². The van der Waals surface area contributed by atoms with Crippen molar-refractivity contribution in [2.45, 2.75) is 25.6 Å². The summed E-state index contributed by atoms with van der Waals surface area (Å²) >= 11 is 0. The second kappa shape index (κ2) is 8.78. The summed E-state index contributed by atoms with van der Waals surface area (Å²) in [5.41, 5.74) is 16.4. The van der Waals surface area contributed by atoms with E-state index in [2.05, 4.69) is 126 Å².